The molecule has 0 aliphatic carbocycles. The second-order valence-electron chi connectivity index (χ2n) is 6.93. The number of hydrogen-bond acceptors (Lipinski definition) is 4. The van der Waals surface area contributed by atoms with Crippen LogP contribution in [-0.2, 0) is 0 Å². The molecule has 0 radical (unpaired) electrons. The van der Waals surface area contributed by atoms with Crippen LogP contribution in [0.3, 0.4) is 0 Å². The molecule has 0 spiro atoms. The fourth-order valence-electron chi connectivity index (χ4n) is 3.44. The maximum Gasteiger partial charge on any atom is 0.266 e. The Labute approximate surface area is 159 Å². The molecule has 1 aliphatic rings. The number of fused-ring (bicyclic) bond motifs is 1. The number of anilines is 2. The normalized spacial score (nSPS) is 15.8. The predicted molar refractivity (Wildman–Crippen MR) is 103 cm³/mol. The summed E-state index contributed by atoms with van der Waals surface area (Å²) < 4.78 is 27.2. The van der Waals surface area contributed by atoms with Crippen LogP contribution in [0.5, 0.6) is 0 Å². The zero-order valence-electron chi connectivity index (χ0n) is 15.1. The molecule has 6 nitrogen and oxygen atoms in total. The number of benzene rings is 1. The lowest BCUT2D eigenvalue weighted by Crippen LogP contribution is -2.28. The molecule has 0 atom stereocenters. The van der Waals surface area contributed by atoms with Gasteiger partial charge in [0.25, 0.3) is 11.8 Å². The van der Waals surface area contributed by atoms with Crippen LogP contribution in [0, 0.1) is 6.92 Å². The van der Waals surface area contributed by atoms with Gasteiger partial charge in [0.05, 0.1) is 12.1 Å². The number of pyridine rings is 2. The maximum atomic E-state index is 13.6. The number of alkyl halides is 2. The number of nitrogens with zero attached hydrogens (tertiary/aromatic N) is 2. The van der Waals surface area contributed by atoms with E-state index in [9.17, 15) is 18.4 Å². The summed E-state index contributed by atoms with van der Waals surface area (Å²) in [6.07, 6.45) is 1.23. The van der Waals surface area contributed by atoms with Crippen molar-refractivity contribution in [3.05, 3.63) is 64.1 Å². The number of amides is 1. The highest BCUT2D eigenvalue weighted by molar-refractivity contribution is 6.08. The molecule has 144 valence electrons. The fraction of sp³-hybridized carbons (Fsp3) is 0.250. The van der Waals surface area contributed by atoms with E-state index in [0.29, 0.717) is 11.2 Å². The highest BCUT2D eigenvalue weighted by Gasteiger charge is 2.39. The second-order valence-corrected chi connectivity index (χ2v) is 6.93. The van der Waals surface area contributed by atoms with Crippen molar-refractivity contribution in [2.75, 3.05) is 23.3 Å². The molecule has 28 heavy (non-hydrogen) atoms. The van der Waals surface area contributed by atoms with Crippen LogP contribution in [0.1, 0.15) is 22.3 Å². The molecule has 2 aromatic heterocycles. The van der Waals surface area contributed by atoms with Gasteiger partial charge in [0, 0.05) is 41.8 Å². The van der Waals surface area contributed by atoms with Crippen LogP contribution in [0.4, 0.5) is 20.3 Å². The van der Waals surface area contributed by atoms with E-state index in [4.69, 9.17) is 0 Å². The Morgan fingerprint density at radius 3 is 2.86 bits per heavy atom. The Morgan fingerprint density at radius 1 is 1.29 bits per heavy atom. The van der Waals surface area contributed by atoms with Gasteiger partial charge in [0.15, 0.2) is 0 Å². The maximum absolute atomic E-state index is 13.6. The zero-order chi connectivity index (χ0) is 19.9. The minimum Gasteiger partial charge on any atom is -0.350 e. The molecule has 1 amide bonds. The summed E-state index contributed by atoms with van der Waals surface area (Å²) in [7, 11) is 0. The smallest absolute Gasteiger partial charge is 0.266 e. The molecule has 4 rings (SSSR count). The first-order chi connectivity index (χ1) is 13.3. The van der Waals surface area contributed by atoms with Gasteiger partial charge >= 0.3 is 0 Å². The van der Waals surface area contributed by atoms with Gasteiger partial charge in [-0.1, -0.05) is 0 Å². The van der Waals surface area contributed by atoms with E-state index in [-0.39, 0.29) is 29.9 Å². The third-order valence-electron chi connectivity index (χ3n) is 4.81. The fourth-order valence-corrected chi connectivity index (χ4v) is 3.44. The number of halogens is 2. The highest BCUT2D eigenvalue weighted by Crippen LogP contribution is 2.31. The van der Waals surface area contributed by atoms with Gasteiger partial charge in [0.1, 0.15) is 5.82 Å². The number of aromatic amines is 1. The zero-order valence-corrected chi connectivity index (χ0v) is 15.1. The lowest BCUT2D eigenvalue weighted by molar-refractivity contribution is 0.0256. The summed E-state index contributed by atoms with van der Waals surface area (Å²) in [6.45, 7) is 1.51. The molecule has 3 aromatic rings. The largest absolute Gasteiger partial charge is 0.350 e. The summed E-state index contributed by atoms with van der Waals surface area (Å²) in [6, 6.07) is 9.80. The minimum atomic E-state index is -2.78. The number of carbonyl (C=O) groups is 1. The van der Waals surface area contributed by atoms with Crippen LogP contribution < -0.4 is 15.8 Å². The summed E-state index contributed by atoms with van der Waals surface area (Å²) in [5.74, 6) is -2.96. The van der Waals surface area contributed by atoms with Gasteiger partial charge < -0.3 is 15.2 Å². The van der Waals surface area contributed by atoms with Crippen molar-refractivity contribution >= 4 is 28.3 Å². The average molecular weight is 384 g/mol. The van der Waals surface area contributed by atoms with E-state index in [1.54, 1.807) is 30.3 Å². The molecular weight excluding hydrogens is 366 g/mol. The minimum absolute atomic E-state index is 0.146. The molecule has 1 saturated heterocycles. The van der Waals surface area contributed by atoms with Gasteiger partial charge in [-0.25, -0.2) is 13.8 Å². The number of carbonyl (C=O) groups excluding carboxylic acids is 1. The van der Waals surface area contributed by atoms with Gasteiger partial charge in [-0.3, -0.25) is 9.59 Å². The molecule has 2 N–H and O–H groups in total. The van der Waals surface area contributed by atoms with Crippen molar-refractivity contribution in [2.24, 2.45) is 0 Å². The Hall–Kier alpha value is -3.29. The molecule has 8 heteroatoms. The van der Waals surface area contributed by atoms with Crippen LogP contribution >= 0.6 is 0 Å². The van der Waals surface area contributed by atoms with E-state index in [1.807, 2.05) is 6.92 Å². The lowest BCUT2D eigenvalue weighted by Gasteiger charge is -2.20. The third-order valence-corrected chi connectivity index (χ3v) is 4.81. The summed E-state index contributed by atoms with van der Waals surface area (Å²) in [5.41, 5.74) is 2.04. The first-order valence-corrected chi connectivity index (χ1v) is 8.85. The number of nitrogens with one attached hydrogen (secondary N) is 2. The molecule has 0 unspecified atom stereocenters. The van der Waals surface area contributed by atoms with Gasteiger partial charge in [0.2, 0.25) is 5.56 Å². The van der Waals surface area contributed by atoms with Gasteiger partial charge in [-0.15, -0.1) is 0 Å². The monoisotopic (exact) mass is 384 g/mol. The number of aryl methyl sites for hydroxylation is 1. The van der Waals surface area contributed by atoms with E-state index >= 15 is 0 Å². The Kier molecular flexibility index (Phi) is 4.33. The van der Waals surface area contributed by atoms with E-state index in [0.717, 1.165) is 10.9 Å². The van der Waals surface area contributed by atoms with Crippen molar-refractivity contribution < 1.29 is 13.6 Å². The second kappa shape index (κ2) is 6.70. The van der Waals surface area contributed by atoms with Crippen molar-refractivity contribution in [3.63, 3.8) is 0 Å². The topological polar surface area (TPSA) is 78.1 Å². The molecule has 0 saturated carbocycles. The molecule has 3 heterocycles. The summed E-state index contributed by atoms with van der Waals surface area (Å²) in [4.78, 5) is 32.7. The third kappa shape index (κ3) is 3.45. The van der Waals surface area contributed by atoms with Crippen LogP contribution in [0.2, 0.25) is 0 Å². The van der Waals surface area contributed by atoms with Gasteiger partial charge in [-0.05, 0) is 42.8 Å². The summed E-state index contributed by atoms with van der Waals surface area (Å²) >= 11 is 0. The number of rotatable bonds is 3. The van der Waals surface area contributed by atoms with Crippen LogP contribution in [0.15, 0.2) is 47.4 Å². The summed E-state index contributed by atoms with van der Waals surface area (Å²) in [5, 5.41) is 3.60. The first-order valence-electron chi connectivity index (χ1n) is 8.85. The van der Waals surface area contributed by atoms with E-state index in [1.165, 1.54) is 17.2 Å². The number of hydrogen-bond donors (Lipinski definition) is 2. The lowest BCUT2D eigenvalue weighted by atomic mass is 10.1. The van der Waals surface area contributed by atoms with E-state index < -0.39 is 18.4 Å². The average Bonchev–Trinajstić information content (AvgIpc) is 3.02. The van der Waals surface area contributed by atoms with Crippen LogP contribution in [-0.4, -0.2) is 34.9 Å². The highest BCUT2D eigenvalue weighted by atomic mass is 19.3. The molecule has 0 bridgehead atoms. The number of aromatic nitrogens is 2. The van der Waals surface area contributed by atoms with Gasteiger partial charge in [-0.2, -0.15) is 0 Å². The standard InChI is InChI=1S/C20H18F2N4O2/c1-12-9-17(27)25-16-5-4-13(10-15(12)16)24-19(28)14-3-2-7-23-18(14)26-8-6-20(21,22)11-26/h2-5,7,9-10H,6,8,11H2,1H3,(H,24,28)(H,25,27). The van der Waals surface area contributed by atoms with Crippen molar-refractivity contribution in [3.8, 4) is 0 Å². The molecule has 1 aliphatic heterocycles. The quantitative estimate of drug-likeness (QED) is 0.726. The Bertz CT molecular complexity index is 1130. The van der Waals surface area contributed by atoms with E-state index in [2.05, 4.69) is 15.3 Å². The molecular formula is C20H18F2N4O2. The SMILES string of the molecule is Cc1cc(=O)[nH]c2ccc(NC(=O)c3cccnc3N3CCC(F)(F)C3)cc12. The van der Waals surface area contributed by atoms with Crippen molar-refractivity contribution in [1.29, 1.82) is 0 Å². The predicted octanol–water partition coefficient (Wildman–Crippen LogP) is 3.33. The Balaban J connectivity index is 1.63. The first kappa shape index (κ1) is 18.1. The number of H-pyrrole nitrogens is 1. The molecule has 1 aromatic carbocycles. The molecule has 1 fully saturated rings. The van der Waals surface area contributed by atoms with Crippen molar-refractivity contribution in [2.45, 2.75) is 19.3 Å². The van der Waals surface area contributed by atoms with Crippen molar-refractivity contribution in [1.82, 2.24) is 9.97 Å². The Morgan fingerprint density at radius 2 is 2.11 bits per heavy atom. The van der Waals surface area contributed by atoms with Crippen LogP contribution in [0.25, 0.3) is 10.9 Å².